The zero-order valence-electron chi connectivity index (χ0n) is 25.7. The van der Waals surface area contributed by atoms with E-state index in [0.717, 1.165) is 23.1 Å². The lowest BCUT2D eigenvalue weighted by molar-refractivity contribution is -0.119. The first-order valence-corrected chi connectivity index (χ1v) is 15.5. The molecule has 1 saturated heterocycles. The molecule has 0 unspecified atom stereocenters. The second-order valence-corrected chi connectivity index (χ2v) is 11.4. The van der Waals surface area contributed by atoms with Gasteiger partial charge in [-0.15, -0.1) is 0 Å². The predicted molar refractivity (Wildman–Crippen MR) is 175 cm³/mol. The number of alkyl halides is 2. The van der Waals surface area contributed by atoms with E-state index < -0.39 is 6.61 Å². The second kappa shape index (κ2) is 15.9. The number of pyridine rings is 2. The summed E-state index contributed by atoms with van der Waals surface area (Å²) in [5.74, 6) is -0.382. The van der Waals surface area contributed by atoms with Gasteiger partial charge < -0.3 is 31.1 Å². The number of anilines is 1. The van der Waals surface area contributed by atoms with Crippen LogP contribution in [0.2, 0.25) is 5.02 Å². The van der Waals surface area contributed by atoms with Crippen LogP contribution < -0.4 is 26.0 Å². The third-order valence-corrected chi connectivity index (χ3v) is 8.17. The summed E-state index contributed by atoms with van der Waals surface area (Å²) in [6.45, 7) is 0.607. The van der Waals surface area contributed by atoms with Crippen molar-refractivity contribution in [2.45, 2.75) is 45.5 Å². The van der Waals surface area contributed by atoms with Gasteiger partial charge in [-0.3, -0.25) is 19.6 Å². The number of carbonyl (C=O) groups excluding carboxylic acids is 2. The molecular formula is C34H35ClF2N6O4. The van der Waals surface area contributed by atoms with Gasteiger partial charge in [0.05, 0.1) is 17.3 Å². The minimum atomic E-state index is -3.03. The van der Waals surface area contributed by atoms with Crippen molar-refractivity contribution < 1.29 is 28.2 Å². The van der Waals surface area contributed by atoms with Crippen LogP contribution in [0.1, 0.15) is 40.0 Å². The van der Waals surface area contributed by atoms with Gasteiger partial charge in [0.1, 0.15) is 11.4 Å². The summed E-state index contributed by atoms with van der Waals surface area (Å²) in [5.41, 5.74) is 5.23. The number of benzene rings is 2. The summed E-state index contributed by atoms with van der Waals surface area (Å²) in [6, 6.07) is 15.5. The van der Waals surface area contributed by atoms with E-state index in [1.54, 1.807) is 54.9 Å². The Balaban J connectivity index is 1.34. The number of hydrogen-bond acceptors (Lipinski definition) is 8. The van der Waals surface area contributed by atoms with E-state index in [0.29, 0.717) is 59.1 Å². The molecule has 2 aromatic carbocycles. The molecule has 10 nitrogen and oxygen atoms in total. The molecular weight excluding hydrogens is 630 g/mol. The maximum absolute atomic E-state index is 13.4. The number of aromatic nitrogens is 2. The Labute approximate surface area is 275 Å². The molecule has 0 aliphatic carbocycles. The van der Waals surface area contributed by atoms with Crippen LogP contribution >= 0.6 is 11.6 Å². The van der Waals surface area contributed by atoms with Crippen molar-refractivity contribution in [1.82, 2.24) is 25.9 Å². The fraction of sp³-hybridized carbons (Fsp3) is 0.294. The van der Waals surface area contributed by atoms with Gasteiger partial charge in [0.25, 0.3) is 5.91 Å². The highest BCUT2D eigenvalue weighted by molar-refractivity contribution is 6.35. The smallest absolute Gasteiger partial charge is 0.387 e. The van der Waals surface area contributed by atoms with Crippen LogP contribution in [-0.4, -0.2) is 59.2 Å². The number of halogens is 3. The van der Waals surface area contributed by atoms with Crippen molar-refractivity contribution in [3.63, 3.8) is 0 Å². The van der Waals surface area contributed by atoms with E-state index in [1.807, 2.05) is 13.0 Å². The quantitative estimate of drug-likeness (QED) is 0.118. The monoisotopic (exact) mass is 664 g/mol. The Morgan fingerprint density at radius 1 is 1.11 bits per heavy atom. The molecule has 246 valence electrons. The fourth-order valence-electron chi connectivity index (χ4n) is 5.34. The number of nitrogens with zero attached hydrogens (tertiary/aromatic N) is 2. The Hall–Kier alpha value is -4.49. The molecule has 1 atom stereocenters. The molecule has 4 aromatic rings. The van der Waals surface area contributed by atoms with Gasteiger partial charge in [-0.1, -0.05) is 41.9 Å². The minimum absolute atomic E-state index is 0.00329. The zero-order chi connectivity index (χ0) is 33.3. The summed E-state index contributed by atoms with van der Waals surface area (Å²) >= 11 is 6.92. The topological polar surface area (TPSA) is 138 Å². The van der Waals surface area contributed by atoms with Crippen molar-refractivity contribution in [2.24, 2.45) is 0 Å². The van der Waals surface area contributed by atoms with Gasteiger partial charge in [-0.2, -0.15) is 8.78 Å². The Morgan fingerprint density at radius 2 is 1.96 bits per heavy atom. The molecule has 47 heavy (non-hydrogen) atoms. The number of hydrogen-bond donors (Lipinski definition) is 5. The molecule has 1 fully saturated rings. The summed E-state index contributed by atoms with van der Waals surface area (Å²) in [6.07, 6.45) is 4.39. The molecule has 2 amide bonds. The van der Waals surface area contributed by atoms with Crippen LogP contribution in [0.5, 0.6) is 5.75 Å². The van der Waals surface area contributed by atoms with Crippen LogP contribution in [0.4, 0.5) is 14.5 Å². The number of nitrogens with one attached hydrogen (secondary N) is 4. The third-order valence-electron chi connectivity index (χ3n) is 7.78. The number of carbonyl (C=O) groups is 2. The van der Waals surface area contributed by atoms with Crippen molar-refractivity contribution in [3.8, 4) is 28.1 Å². The number of aliphatic hydroxyl groups excluding tert-OH is 1. The molecule has 0 saturated carbocycles. The molecule has 0 bridgehead atoms. The molecule has 2 aromatic heterocycles. The number of amides is 2. The number of aliphatic hydroxyl groups is 1. The molecule has 0 spiro atoms. The van der Waals surface area contributed by atoms with Gasteiger partial charge in [0.2, 0.25) is 5.91 Å². The summed E-state index contributed by atoms with van der Waals surface area (Å²) in [5, 5.41) is 21.3. The van der Waals surface area contributed by atoms with E-state index in [1.165, 1.54) is 6.07 Å². The lowest BCUT2D eigenvalue weighted by Crippen LogP contribution is -2.35. The van der Waals surface area contributed by atoms with E-state index >= 15 is 0 Å². The van der Waals surface area contributed by atoms with E-state index in [-0.39, 0.29) is 42.5 Å². The highest BCUT2D eigenvalue weighted by atomic mass is 35.5. The lowest BCUT2D eigenvalue weighted by Gasteiger charge is -2.17. The maximum atomic E-state index is 13.4. The maximum Gasteiger partial charge on any atom is 0.387 e. The first kappa shape index (κ1) is 33.9. The Kier molecular flexibility index (Phi) is 11.4. The highest BCUT2D eigenvalue weighted by Gasteiger charge is 2.21. The SMILES string of the molecule is Cc1c(NC(=O)c2ccc(CNCCO)cn2)cccc1-c1ccnc(-c2ccc(CNC[C@@H]3CCC(=O)N3)c(OC(F)F)c2)c1Cl. The summed E-state index contributed by atoms with van der Waals surface area (Å²) in [7, 11) is 0. The number of ether oxygens (including phenoxy) is 1. The predicted octanol–water partition coefficient (Wildman–Crippen LogP) is 5.08. The van der Waals surface area contributed by atoms with Crippen LogP contribution in [-0.2, 0) is 17.9 Å². The van der Waals surface area contributed by atoms with Gasteiger partial charge in [-0.05, 0) is 54.3 Å². The van der Waals surface area contributed by atoms with Gasteiger partial charge in [0.15, 0.2) is 0 Å². The molecule has 1 aliphatic rings. The van der Waals surface area contributed by atoms with Crippen LogP contribution in [0, 0.1) is 6.92 Å². The molecule has 1 aliphatic heterocycles. The Bertz CT molecular complexity index is 1720. The van der Waals surface area contributed by atoms with E-state index in [2.05, 4.69) is 31.2 Å². The molecule has 5 N–H and O–H groups in total. The highest BCUT2D eigenvalue weighted by Crippen LogP contribution is 2.39. The molecule has 5 rings (SSSR count). The van der Waals surface area contributed by atoms with E-state index in [4.69, 9.17) is 21.4 Å². The van der Waals surface area contributed by atoms with Gasteiger partial charge in [0, 0.05) is 73.4 Å². The standard InChI is InChI=1S/C34H35ClF2N6O4/c1-20-25(3-2-4-27(20)43-33(46)28-9-5-21(17-41-28)16-38-13-14-44)26-11-12-40-32(31(26)35)22-6-7-23(29(15-22)47-34(36)37)18-39-19-24-8-10-30(45)42-24/h2-7,9,11-12,15,17,24,34,38-39,44H,8,10,13-14,16,18-19H2,1H3,(H,42,45)(H,43,46)/t24-/m0/s1. The van der Waals surface area contributed by atoms with Gasteiger partial charge >= 0.3 is 6.61 Å². The summed E-state index contributed by atoms with van der Waals surface area (Å²) < 4.78 is 31.6. The minimum Gasteiger partial charge on any atom is -0.434 e. The van der Waals surface area contributed by atoms with Crippen molar-refractivity contribution >= 4 is 29.1 Å². The molecule has 13 heteroatoms. The zero-order valence-corrected chi connectivity index (χ0v) is 26.4. The van der Waals surface area contributed by atoms with Crippen molar-refractivity contribution in [2.75, 3.05) is 25.0 Å². The largest absolute Gasteiger partial charge is 0.434 e. The van der Waals surface area contributed by atoms with Crippen molar-refractivity contribution in [3.05, 3.63) is 94.4 Å². The lowest BCUT2D eigenvalue weighted by atomic mass is 9.97. The summed E-state index contributed by atoms with van der Waals surface area (Å²) in [4.78, 5) is 33.2. The van der Waals surface area contributed by atoms with E-state index in [9.17, 15) is 18.4 Å². The number of rotatable bonds is 14. The Morgan fingerprint density at radius 3 is 2.68 bits per heavy atom. The molecule has 3 heterocycles. The first-order chi connectivity index (χ1) is 22.7. The third kappa shape index (κ3) is 8.66. The average molecular weight is 665 g/mol. The van der Waals surface area contributed by atoms with Crippen LogP contribution in [0.15, 0.2) is 67.0 Å². The molecule has 0 radical (unpaired) electrons. The normalized spacial score (nSPS) is 14.3. The fourth-order valence-corrected chi connectivity index (χ4v) is 5.67. The second-order valence-electron chi connectivity index (χ2n) is 11.0. The van der Waals surface area contributed by atoms with Crippen LogP contribution in [0.25, 0.3) is 22.4 Å². The van der Waals surface area contributed by atoms with Gasteiger partial charge in [-0.25, -0.2) is 0 Å². The van der Waals surface area contributed by atoms with Crippen molar-refractivity contribution in [1.29, 1.82) is 0 Å². The average Bonchev–Trinajstić information content (AvgIpc) is 3.48. The first-order valence-electron chi connectivity index (χ1n) is 15.1. The van der Waals surface area contributed by atoms with Crippen LogP contribution in [0.3, 0.4) is 0 Å².